The second kappa shape index (κ2) is 4.13. The highest BCUT2D eigenvalue weighted by Gasteiger charge is 2.43. The maximum absolute atomic E-state index is 5.80. The molecular formula is C14H20N2O. The predicted octanol–water partition coefficient (Wildman–Crippen LogP) is 3.09. The van der Waals surface area contributed by atoms with E-state index in [4.69, 9.17) is 4.74 Å². The molecule has 1 aliphatic carbocycles. The van der Waals surface area contributed by atoms with Crippen molar-refractivity contribution in [3.8, 4) is 5.75 Å². The molecule has 2 N–H and O–H groups in total. The minimum Gasteiger partial charge on any atom is -0.491 e. The predicted molar refractivity (Wildman–Crippen MR) is 70.9 cm³/mol. The Labute approximate surface area is 103 Å². The molecule has 2 aliphatic rings. The molecule has 3 nitrogen and oxygen atoms in total. The molecule has 0 atom stereocenters. The minimum atomic E-state index is 0.501. The van der Waals surface area contributed by atoms with Gasteiger partial charge in [-0.3, -0.25) is 0 Å². The lowest BCUT2D eigenvalue weighted by Crippen LogP contribution is -2.19. The first-order valence-corrected chi connectivity index (χ1v) is 6.57. The van der Waals surface area contributed by atoms with Gasteiger partial charge in [-0.05, 0) is 31.4 Å². The molecular weight excluding hydrogens is 212 g/mol. The number of ether oxygens (including phenoxy) is 1. The summed E-state index contributed by atoms with van der Waals surface area (Å²) in [7, 11) is 0. The highest BCUT2D eigenvalue weighted by Crippen LogP contribution is 2.48. The first-order valence-electron chi connectivity index (χ1n) is 6.57. The maximum atomic E-state index is 5.80. The molecule has 0 saturated heterocycles. The maximum Gasteiger partial charge on any atom is 0.144 e. The lowest BCUT2D eigenvalue weighted by atomic mass is 10.1. The Morgan fingerprint density at radius 3 is 2.82 bits per heavy atom. The summed E-state index contributed by atoms with van der Waals surface area (Å²) >= 11 is 0. The van der Waals surface area contributed by atoms with Crippen molar-refractivity contribution in [2.45, 2.75) is 26.2 Å². The van der Waals surface area contributed by atoms with E-state index in [0.29, 0.717) is 5.41 Å². The Balaban J connectivity index is 1.83. The largest absolute Gasteiger partial charge is 0.491 e. The number of benzene rings is 1. The number of hydrogen-bond donors (Lipinski definition) is 2. The Morgan fingerprint density at radius 1 is 1.24 bits per heavy atom. The van der Waals surface area contributed by atoms with Gasteiger partial charge in [-0.2, -0.15) is 0 Å². The van der Waals surface area contributed by atoms with Gasteiger partial charge in [0.15, 0.2) is 0 Å². The quantitative estimate of drug-likeness (QED) is 0.840. The lowest BCUT2D eigenvalue weighted by Gasteiger charge is -2.14. The molecule has 1 aromatic rings. The highest BCUT2D eigenvalue weighted by molar-refractivity contribution is 5.76. The Kier molecular flexibility index (Phi) is 2.61. The van der Waals surface area contributed by atoms with E-state index in [2.05, 4.69) is 29.7 Å². The van der Waals surface area contributed by atoms with Crippen molar-refractivity contribution in [3.63, 3.8) is 0 Å². The number of para-hydroxylation sites is 1. The summed E-state index contributed by atoms with van der Waals surface area (Å²) in [6.45, 7) is 5.07. The van der Waals surface area contributed by atoms with Gasteiger partial charge >= 0.3 is 0 Å². The van der Waals surface area contributed by atoms with Crippen LogP contribution >= 0.6 is 0 Å². The van der Waals surface area contributed by atoms with Crippen LogP contribution in [0.1, 0.15) is 26.2 Å². The second-order valence-corrected chi connectivity index (χ2v) is 5.23. The zero-order chi connectivity index (χ0) is 11.7. The van der Waals surface area contributed by atoms with E-state index >= 15 is 0 Å². The van der Waals surface area contributed by atoms with Crippen molar-refractivity contribution < 1.29 is 4.74 Å². The summed E-state index contributed by atoms with van der Waals surface area (Å²) in [4.78, 5) is 0. The van der Waals surface area contributed by atoms with Crippen molar-refractivity contribution in [2.24, 2.45) is 5.41 Å². The SMILES string of the molecule is CCCOc1cccc2c1NCC1(CC1)CN2. The van der Waals surface area contributed by atoms with Crippen LogP contribution in [0, 0.1) is 5.41 Å². The molecule has 0 amide bonds. The van der Waals surface area contributed by atoms with Gasteiger partial charge in [0, 0.05) is 18.5 Å². The van der Waals surface area contributed by atoms with E-state index in [0.717, 1.165) is 37.6 Å². The molecule has 92 valence electrons. The normalized spacial score (nSPS) is 19.8. The summed E-state index contributed by atoms with van der Waals surface area (Å²) < 4.78 is 5.80. The Bertz CT molecular complexity index is 413. The van der Waals surface area contributed by atoms with E-state index in [-0.39, 0.29) is 0 Å². The van der Waals surface area contributed by atoms with E-state index in [1.807, 2.05) is 6.07 Å². The average molecular weight is 232 g/mol. The topological polar surface area (TPSA) is 33.3 Å². The number of fused-ring (bicyclic) bond motifs is 1. The van der Waals surface area contributed by atoms with Crippen LogP contribution < -0.4 is 15.4 Å². The van der Waals surface area contributed by atoms with Crippen LogP contribution in [-0.2, 0) is 0 Å². The fourth-order valence-corrected chi connectivity index (χ4v) is 2.34. The van der Waals surface area contributed by atoms with E-state index in [9.17, 15) is 0 Å². The Hall–Kier alpha value is -1.38. The summed E-state index contributed by atoms with van der Waals surface area (Å²) in [5.41, 5.74) is 2.83. The van der Waals surface area contributed by atoms with Crippen LogP contribution in [0.3, 0.4) is 0 Å². The molecule has 0 bridgehead atoms. The first kappa shape index (κ1) is 10.8. The number of rotatable bonds is 3. The molecule has 3 heteroatoms. The van der Waals surface area contributed by atoms with Gasteiger partial charge in [-0.15, -0.1) is 0 Å². The fourth-order valence-electron chi connectivity index (χ4n) is 2.34. The average Bonchev–Trinajstić information content (AvgIpc) is 3.15. The number of hydrogen-bond acceptors (Lipinski definition) is 3. The monoisotopic (exact) mass is 232 g/mol. The lowest BCUT2D eigenvalue weighted by molar-refractivity contribution is 0.319. The van der Waals surface area contributed by atoms with Gasteiger partial charge in [-0.25, -0.2) is 0 Å². The minimum absolute atomic E-state index is 0.501. The van der Waals surface area contributed by atoms with E-state index < -0.39 is 0 Å². The first-order chi connectivity index (χ1) is 8.33. The molecule has 0 unspecified atom stereocenters. The van der Waals surface area contributed by atoms with Crippen molar-refractivity contribution >= 4 is 11.4 Å². The smallest absolute Gasteiger partial charge is 0.144 e. The molecule has 3 rings (SSSR count). The third-order valence-electron chi connectivity index (χ3n) is 3.74. The van der Waals surface area contributed by atoms with Gasteiger partial charge in [0.05, 0.1) is 12.3 Å². The summed E-state index contributed by atoms with van der Waals surface area (Å²) in [6.07, 6.45) is 3.72. The van der Waals surface area contributed by atoms with Crippen molar-refractivity contribution in [1.29, 1.82) is 0 Å². The van der Waals surface area contributed by atoms with Crippen LogP contribution in [0.25, 0.3) is 0 Å². The zero-order valence-corrected chi connectivity index (χ0v) is 10.4. The molecule has 17 heavy (non-hydrogen) atoms. The van der Waals surface area contributed by atoms with Crippen LogP contribution in [-0.4, -0.2) is 19.7 Å². The van der Waals surface area contributed by atoms with Gasteiger partial charge in [0.25, 0.3) is 0 Å². The van der Waals surface area contributed by atoms with Crippen LogP contribution in [0.4, 0.5) is 11.4 Å². The fraction of sp³-hybridized carbons (Fsp3) is 0.571. The van der Waals surface area contributed by atoms with E-state index in [1.165, 1.54) is 18.5 Å². The molecule has 1 aliphatic heterocycles. The third-order valence-corrected chi connectivity index (χ3v) is 3.74. The van der Waals surface area contributed by atoms with Crippen LogP contribution in [0.5, 0.6) is 5.75 Å². The summed E-state index contributed by atoms with van der Waals surface area (Å²) in [5, 5.41) is 7.12. The molecule has 1 saturated carbocycles. The van der Waals surface area contributed by atoms with Crippen molar-refractivity contribution in [2.75, 3.05) is 30.3 Å². The molecule has 1 spiro atoms. The second-order valence-electron chi connectivity index (χ2n) is 5.23. The summed E-state index contributed by atoms with van der Waals surface area (Å²) in [6, 6.07) is 6.24. The molecule has 1 fully saturated rings. The van der Waals surface area contributed by atoms with Gasteiger partial charge in [-0.1, -0.05) is 13.0 Å². The number of nitrogens with one attached hydrogen (secondary N) is 2. The summed E-state index contributed by atoms with van der Waals surface area (Å²) in [5.74, 6) is 0.981. The van der Waals surface area contributed by atoms with Crippen molar-refractivity contribution in [3.05, 3.63) is 18.2 Å². The molecule has 1 heterocycles. The molecule has 1 aromatic carbocycles. The standard InChI is InChI=1S/C14H20N2O/c1-2-8-17-12-5-3-4-11-13(12)16-10-14(6-7-14)9-15-11/h3-5,15-16H,2,6-10H2,1H3. The Morgan fingerprint density at radius 2 is 2.06 bits per heavy atom. The zero-order valence-electron chi connectivity index (χ0n) is 10.4. The van der Waals surface area contributed by atoms with E-state index in [1.54, 1.807) is 0 Å². The molecule has 0 radical (unpaired) electrons. The van der Waals surface area contributed by atoms with Gasteiger partial charge in [0.1, 0.15) is 11.4 Å². The van der Waals surface area contributed by atoms with Gasteiger partial charge in [0.2, 0.25) is 0 Å². The third kappa shape index (κ3) is 2.06. The van der Waals surface area contributed by atoms with Crippen LogP contribution in [0.15, 0.2) is 18.2 Å². The number of anilines is 2. The highest BCUT2D eigenvalue weighted by atomic mass is 16.5. The molecule has 0 aromatic heterocycles. The van der Waals surface area contributed by atoms with Crippen LogP contribution in [0.2, 0.25) is 0 Å². The van der Waals surface area contributed by atoms with Gasteiger partial charge < -0.3 is 15.4 Å². The van der Waals surface area contributed by atoms with Crippen molar-refractivity contribution in [1.82, 2.24) is 0 Å².